The van der Waals surface area contributed by atoms with E-state index in [4.69, 9.17) is 23.2 Å². The molecular formula is C14H11Cl2FN2O2. The van der Waals surface area contributed by atoms with Gasteiger partial charge in [0.2, 0.25) is 5.95 Å². The summed E-state index contributed by atoms with van der Waals surface area (Å²) in [6, 6.07) is 7.05. The average Bonchev–Trinajstić information content (AvgIpc) is 2.44. The summed E-state index contributed by atoms with van der Waals surface area (Å²) in [5.41, 5.74) is 0.692. The summed E-state index contributed by atoms with van der Waals surface area (Å²) in [6.07, 6.45) is 0.159. The summed E-state index contributed by atoms with van der Waals surface area (Å²) >= 11 is 11.7. The highest BCUT2D eigenvalue weighted by molar-refractivity contribution is 6.34. The lowest BCUT2D eigenvalue weighted by Crippen LogP contribution is -2.28. The maximum absolute atomic E-state index is 12.7. The summed E-state index contributed by atoms with van der Waals surface area (Å²) in [5, 5.41) is 13.3. The Balaban J connectivity index is 1.98. The Kier molecular flexibility index (Phi) is 5.12. The summed E-state index contributed by atoms with van der Waals surface area (Å²) < 4.78 is 12.7. The van der Waals surface area contributed by atoms with Gasteiger partial charge in [0.05, 0.1) is 11.7 Å². The van der Waals surface area contributed by atoms with Gasteiger partial charge in [0.15, 0.2) is 0 Å². The van der Waals surface area contributed by atoms with Gasteiger partial charge in [-0.3, -0.25) is 4.79 Å². The molecule has 2 N–H and O–H groups in total. The van der Waals surface area contributed by atoms with E-state index in [0.717, 1.165) is 12.3 Å². The number of carbonyl (C=O) groups excluding carboxylic acids is 1. The quantitative estimate of drug-likeness (QED) is 0.848. The zero-order valence-electron chi connectivity index (χ0n) is 10.7. The number of rotatable bonds is 4. The highest BCUT2D eigenvalue weighted by atomic mass is 35.5. The Morgan fingerprint density at radius 2 is 1.95 bits per heavy atom. The molecule has 0 aliphatic carbocycles. The Morgan fingerprint density at radius 3 is 2.52 bits per heavy atom. The molecule has 0 bridgehead atoms. The lowest BCUT2D eigenvalue weighted by atomic mass is 10.1. The van der Waals surface area contributed by atoms with Crippen LogP contribution < -0.4 is 5.32 Å². The van der Waals surface area contributed by atoms with Gasteiger partial charge in [-0.25, -0.2) is 4.98 Å². The molecule has 0 saturated heterocycles. The van der Waals surface area contributed by atoms with Crippen molar-refractivity contribution in [2.75, 3.05) is 6.54 Å². The average molecular weight is 329 g/mol. The van der Waals surface area contributed by atoms with E-state index in [1.165, 1.54) is 6.07 Å². The number of aliphatic hydroxyl groups is 1. The molecule has 1 amide bonds. The van der Waals surface area contributed by atoms with Crippen molar-refractivity contribution in [2.45, 2.75) is 6.10 Å². The molecule has 1 atom stereocenters. The maximum atomic E-state index is 12.7. The minimum atomic E-state index is -0.960. The van der Waals surface area contributed by atoms with Crippen molar-refractivity contribution in [1.29, 1.82) is 0 Å². The van der Waals surface area contributed by atoms with Crippen LogP contribution in [0.25, 0.3) is 0 Å². The van der Waals surface area contributed by atoms with Crippen LogP contribution in [0.5, 0.6) is 0 Å². The van der Waals surface area contributed by atoms with Crippen LogP contribution in [0.2, 0.25) is 10.0 Å². The number of pyridine rings is 1. The van der Waals surface area contributed by atoms with Gasteiger partial charge in [-0.15, -0.1) is 0 Å². The minimum absolute atomic E-state index is 0.0348. The monoisotopic (exact) mass is 328 g/mol. The third kappa shape index (κ3) is 4.39. The van der Waals surface area contributed by atoms with Gasteiger partial charge < -0.3 is 10.4 Å². The second-order valence-electron chi connectivity index (χ2n) is 4.30. The molecule has 1 unspecified atom stereocenters. The van der Waals surface area contributed by atoms with E-state index in [0.29, 0.717) is 15.6 Å². The van der Waals surface area contributed by atoms with Crippen LogP contribution in [0.1, 0.15) is 22.0 Å². The first-order valence-corrected chi connectivity index (χ1v) is 6.75. The molecular weight excluding hydrogens is 318 g/mol. The molecule has 21 heavy (non-hydrogen) atoms. The molecule has 0 fully saturated rings. The normalized spacial score (nSPS) is 12.0. The van der Waals surface area contributed by atoms with Crippen molar-refractivity contribution < 1.29 is 14.3 Å². The highest BCUT2D eigenvalue weighted by Gasteiger charge is 2.12. The van der Waals surface area contributed by atoms with Gasteiger partial charge in [0.25, 0.3) is 5.91 Å². The summed E-state index contributed by atoms with van der Waals surface area (Å²) in [7, 11) is 0. The Bertz CT molecular complexity index is 630. The second-order valence-corrected chi connectivity index (χ2v) is 5.17. The molecule has 0 saturated carbocycles. The third-order valence-corrected chi connectivity index (χ3v) is 3.15. The van der Waals surface area contributed by atoms with Gasteiger partial charge in [0, 0.05) is 22.8 Å². The zero-order valence-corrected chi connectivity index (χ0v) is 12.2. The van der Waals surface area contributed by atoms with Crippen LogP contribution in [-0.2, 0) is 0 Å². The number of halogens is 3. The van der Waals surface area contributed by atoms with Gasteiger partial charge >= 0.3 is 0 Å². The van der Waals surface area contributed by atoms with E-state index in [1.807, 2.05) is 0 Å². The minimum Gasteiger partial charge on any atom is -0.387 e. The molecule has 0 aliphatic rings. The van der Waals surface area contributed by atoms with Crippen LogP contribution >= 0.6 is 23.2 Å². The van der Waals surface area contributed by atoms with Crippen LogP contribution in [0.3, 0.4) is 0 Å². The van der Waals surface area contributed by atoms with E-state index in [-0.39, 0.29) is 12.1 Å². The molecule has 0 spiro atoms. The van der Waals surface area contributed by atoms with E-state index in [9.17, 15) is 14.3 Å². The number of aromatic nitrogens is 1. The Labute approximate surface area is 130 Å². The number of hydrogen-bond donors (Lipinski definition) is 2. The number of amides is 1. The SMILES string of the molecule is O=C(NCC(O)c1cc(Cl)cc(Cl)c1)c1ccc(F)nc1. The van der Waals surface area contributed by atoms with Gasteiger partial charge in [-0.1, -0.05) is 23.2 Å². The first-order chi connectivity index (χ1) is 9.95. The third-order valence-electron chi connectivity index (χ3n) is 2.72. The number of nitrogens with one attached hydrogen (secondary N) is 1. The molecule has 110 valence electrons. The number of benzene rings is 1. The van der Waals surface area contributed by atoms with Crippen molar-refractivity contribution in [1.82, 2.24) is 10.3 Å². The fourth-order valence-corrected chi connectivity index (χ4v) is 2.23. The maximum Gasteiger partial charge on any atom is 0.252 e. The first kappa shape index (κ1) is 15.7. The fourth-order valence-electron chi connectivity index (χ4n) is 1.69. The van der Waals surface area contributed by atoms with Crippen molar-refractivity contribution >= 4 is 29.1 Å². The van der Waals surface area contributed by atoms with Gasteiger partial charge in [-0.2, -0.15) is 4.39 Å². The molecule has 4 nitrogen and oxygen atoms in total. The zero-order chi connectivity index (χ0) is 15.4. The standard InChI is InChI=1S/C14H11Cl2FN2O2/c15-10-3-9(4-11(16)5-10)12(20)7-19-14(21)8-1-2-13(17)18-6-8/h1-6,12,20H,7H2,(H,19,21). The molecule has 1 heterocycles. The fraction of sp³-hybridized carbons (Fsp3) is 0.143. The number of carbonyl (C=O) groups is 1. The molecule has 1 aromatic heterocycles. The lowest BCUT2D eigenvalue weighted by Gasteiger charge is -2.13. The first-order valence-electron chi connectivity index (χ1n) is 5.99. The Morgan fingerprint density at radius 1 is 1.29 bits per heavy atom. The summed E-state index contributed by atoms with van der Waals surface area (Å²) in [5.74, 6) is -1.13. The van der Waals surface area contributed by atoms with Gasteiger partial charge in [0.1, 0.15) is 0 Å². The van der Waals surface area contributed by atoms with Crippen molar-refractivity contribution in [3.05, 3.63) is 63.6 Å². The summed E-state index contributed by atoms with van der Waals surface area (Å²) in [6.45, 7) is -0.0348. The lowest BCUT2D eigenvalue weighted by molar-refractivity contribution is 0.0916. The summed E-state index contributed by atoms with van der Waals surface area (Å²) in [4.78, 5) is 15.2. The predicted octanol–water partition coefficient (Wildman–Crippen LogP) is 2.99. The van der Waals surface area contributed by atoms with E-state index < -0.39 is 18.0 Å². The van der Waals surface area contributed by atoms with Crippen molar-refractivity contribution in [3.8, 4) is 0 Å². The largest absolute Gasteiger partial charge is 0.387 e. The molecule has 1 aromatic carbocycles. The van der Waals surface area contributed by atoms with Crippen LogP contribution in [-0.4, -0.2) is 22.5 Å². The van der Waals surface area contributed by atoms with E-state index in [2.05, 4.69) is 10.3 Å². The molecule has 0 aliphatic heterocycles. The molecule has 2 aromatic rings. The molecule has 7 heteroatoms. The number of aliphatic hydroxyl groups excluding tert-OH is 1. The smallest absolute Gasteiger partial charge is 0.252 e. The molecule has 2 rings (SSSR count). The molecule has 0 radical (unpaired) electrons. The van der Waals surface area contributed by atoms with E-state index in [1.54, 1.807) is 18.2 Å². The van der Waals surface area contributed by atoms with Crippen molar-refractivity contribution in [2.24, 2.45) is 0 Å². The van der Waals surface area contributed by atoms with Crippen LogP contribution in [0.4, 0.5) is 4.39 Å². The highest BCUT2D eigenvalue weighted by Crippen LogP contribution is 2.23. The topological polar surface area (TPSA) is 62.2 Å². The predicted molar refractivity (Wildman–Crippen MR) is 78.0 cm³/mol. The second kappa shape index (κ2) is 6.85. The van der Waals surface area contributed by atoms with Crippen molar-refractivity contribution in [3.63, 3.8) is 0 Å². The Hall–Kier alpha value is -1.69. The number of nitrogens with zero attached hydrogens (tertiary/aromatic N) is 1. The van der Waals surface area contributed by atoms with Gasteiger partial charge in [-0.05, 0) is 35.9 Å². The van der Waals surface area contributed by atoms with E-state index >= 15 is 0 Å². The van der Waals surface area contributed by atoms with Crippen LogP contribution in [0.15, 0.2) is 36.5 Å². The number of hydrogen-bond acceptors (Lipinski definition) is 3. The van der Waals surface area contributed by atoms with Crippen LogP contribution in [0, 0.1) is 5.95 Å².